The van der Waals surface area contributed by atoms with E-state index in [1.165, 1.54) is 57.8 Å². The van der Waals surface area contributed by atoms with Crippen LogP contribution < -0.4 is 0 Å². The lowest BCUT2D eigenvalue weighted by Gasteiger charge is -2.02. The third-order valence-corrected chi connectivity index (χ3v) is 2.83. The summed E-state index contributed by atoms with van der Waals surface area (Å²) in [6.45, 7) is 2.91. The van der Waals surface area contributed by atoms with E-state index in [9.17, 15) is 0 Å². The molecule has 0 fully saturated rings. The monoisotopic (exact) mass is 248 g/mol. The first kappa shape index (κ1) is 16.1. The van der Waals surface area contributed by atoms with E-state index in [0.717, 1.165) is 6.42 Å². The molecule has 0 amide bonds. The summed E-state index contributed by atoms with van der Waals surface area (Å²) in [7, 11) is 0.563. The maximum atomic E-state index is 4.77. The zero-order valence-electron chi connectivity index (χ0n) is 11.0. The summed E-state index contributed by atoms with van der Waals surface area (Å²) in [5.41, 5.74) is 0. The van der Waals surface area contributed by atoms with Gasteiger partial charge in [0.2, 0.25) is 0 Å². The molecule has 0 atom stereocenters. The molecule has 3 nitrogen and oxygen atoms in total. The van der Waals surface area contributed by atoms with Crippen molar-refractivity contribution in [3.63, 3.8) is 0 Å². The Morgan fingerprint density at radius 3 is 1.75 bits per heavy atom. The van der Waals surface area contributed by atoms with Gasteiger partial charge in [0.1, 0.15) is 0 Å². The Labute approximate surface area is 103 Å². The van der Waals surface area contributed by atoms with Crippen LogP contribution in [0.2, 0.25) is 0 Å². The second kappa shape index (κ2) is 15.1. The van der Waals surface area contributed by atoms with Crippen molar-refractivity contribution in [2.24, 2.45) is 0 Å². The molecule has 0 saturated heterocycles. The van der Waals surface area contributed by atoms with E-state index in [0.29, 0.717) is 17.1 Å². The van der Waals surface area contributed by atoms with Crippen LogP contribution >= 0.6 is 0 Å². The number of unbranched alkanes of at least 4 members (excludes halogenated alkanes) is 9. The normalized spacial score (nSPS) is 11.1. The standard InChI is InChI=1S/C12H28O3Si/c1-2-3-4-5-6-7-8-9-10-11-12-13-14-15-16/h2-12H2,1,16H3. The molecular formula is C12H28O3Si. The topological polar surface area (TPSA) is 27.7 Å². The van der Waals surface area contributed by atoms with Gasteiger partial charge in [0, 0.05) is 0 Å². The summed E-state index contributed by atoms with van der Waals surface area (Å²) in [4.78, 5) is 4.77. The molecule has 0 spiro atoms. The zero-order chi connectivity index (χ0) is 11.9. The predicted molar refractivity (Wildman–Crippen MR) is 69.9 cm³/mol. The van der Waals surface area contributed by atoms with E-state index < -0.39 is 0 Å². The molecule has 0 rings (SSSR count). The average molecular weight is 248 g/mol. The molecule has 4 heteroatoms. The van der Waals surface area contributed by atoms with Gasteiger partial charge >= 0.3 is 0 Å². The summed E-state index contributed by atoms with van der Waals surface area (Å²) in [5, 5.41) is 4.38. The Hall–Kier alpha value is 0.0969. The first-order valence-electron chi connectivity index (χ1n) is 6.74. The van der Waals surface area contributed by atoms with Crippen molar-refractivity contribution in [3.05, 3.63) is 0 Å². The Morgan fingerprint density at radius 2 is 1.25 bits per heavy atom. The van der Waals surface area contributed by atoms with Crippen LogP contribution in [0.1, 0.15) is 71.1 Å². The average Bonchev–Trinajstić information content (AvgIpc) is 2.31. The highest BCUT2D eigenvalue weighted by Crippen LogP contribution is 2.10. The van der Waals surface area contributed by atoms with Gasteiger partial charge in [0.25, 0.3) is 0 Å². The molecule has 0 aliphatic heterocycles. The quantitative estimate of drug-likeness (QED) is 0.217. The minimum absolute atomic E-state index is 0.563. The number of hydrogen-bond acceptors (Lipinski definition) is 3. The first-order valence-corrected chi connectivity index (χ1v) is 7.55. The van der Waals surface area contributed by atoms with Crippen LogP contribution in [0.4, 0.5) is 0 Å². The van der Waals surface area contributed by atoms with E-state index in [1.54, 1.807) is 0 Å². The van der Waals surface area contributed by atoms with Gasteiger partial charge in [-0.3, -0.25) is 4.58 Å². The molecule has 0 heterocycles. The van der Waals surface area contributed by atoms with Crippen molar-refractivity contribution < 1.29 is 14.5 Å². The van der Waals surface area contributed by atoms with Gasteiger partial charge in [0.05, 0.1) is 6.61 Å². The van der Waals surface area contributed by atoms with E-state index in [4.69, 9.17) is 4.89 Å². The van der Waals surface area contributed by atoms with Gasteiger partial charge < -0.3 is 0 Å². The van der Waals surface area contributed by atoms with Gasteiger partial charge in [-0.15, -0.1) is 0 Å². The number of rotatable bonds is 13. The van der Waals surface area contributed by atoms with Gasteiger partial charge in [0.15, 0.2) is 10.5 Å². The fraction of sp³-hybridized carbons (Fsp3) is 1.00. The lowest BCUT2D eigenvalue weighted by Crippen LogP contribution is -1.96. The first-order chi connectivity index (χ1) is 7.91. The molecule has 0 aliphatic carbocycles. The minimum atomic E-state index is 0.563. The molecule has 0 saturated carbocycles. The fourth-order valence-electron chi connectivity index (χ4n) is 1.73. The fourth-order valence-corrected chi connectivity index (χ4v) is 1.83. The SMILES string of the molecule is CCCCCCCCCCCCOOO[SiH3]. The van der Waals surface area contributed by atoms with Crippen LogP contribution in [0.5, 0.6) is 0 Å². The molecule has 0 radical (unpaired) electrons. The van der Waals surface area contributed by atoms with Gasteiger partial charge in [-0.1, -0.05) is 69.7 Å². The van der Waals surface area contributed by atoms with Crippen LogP contribution in [0, 0.1) is 0 Å². The van der Waals surface area contributed by atoms with Crippen molar-refractivity contribution in [1.82, 2.24) is 0 Å². The maximum Gasteiger partial charge on any atom is 0.197 e. The number of hydrogen-bond donors (Lipinski definition) is 0. The van der Waals surface area contributed by atoms with Crippen molar-refractivity contribution in [2.75, 3.05) is 6.61 Å². The Balaban J connectivity index is 2.83. The van der Waals surface area contributed by atoms with Crippen molar-refractivity contribution >= 4 is 10.5 Å². The highest BCUT2D eigenvalue weighted by molar-refractivity contribution is 5.97. The van der Waals surface area contributed by atoms with Crippen molar-refractivity contribution in [3.8, 4) is 0 Å². The molecule has 0 aromatic carbocycles. The van der Waals surface area contributed by atoms with Gasteiger partial charge in [-0.05, 0) is 6.42 Å². The van der Waals surface area contributed by atoms with Crippen LogP contribution in [-0.4, -0.2) is 17.1 Å². The summed E-state index contributed by atoms with van der Waals surface area (Å²) in [6.07, 6.45) is 13.4. The summed E-state index contributed by atoms with van der Waals surface area (Å²) in [5.74, 6) is 0. The molecule has 0 aromatic heterocycles. The molecule has 0 unspecified atom stereocenters. The van der Waals surface area contributed by atoms with Crippen molar-refractivity contribution in [2.45, 2.75) is 71.1 Å². The molecule has 0 N–H and O–H groups in total. The molecule has 0 aliphatic rings. The molecule has 0 bridgehead atoms. The summed E-state index contributed by atoms with van der Waals surface area (Å²) >= 11 is 0. The van der Waals surface area contributed by atoms with E-state index in [2.05, 4.69) is 16.5 Å². The van der Waals surface area contributed by atoms with Crippen molar-refractivity contribution in [1.29, 1.82) is 0 Å². The predicted octanol–water partition coefficient (Wildman–Crippen LogP) is 3.07. The highest BCUT2D eigenvalue weighted by Gasteiger charge is 1.93. The Kier molecular flexibility index (Phi) is 15.2. The summed E-state index contributed by atoms with van der Waals surface area (Å²) < 4.78 is 4.45. The smallest absolute Gasteiger partial charge is 0.197 e. The molecule has 16 heavy (non-hydrogen) atoms. The molecular weight excluding hydrogens is 220 g/mol. The largest absolute Gasteiger partial charge is 0.269 e. The summed E-state index contributed by atoms with van der Waals surface area (Å²) in [6, 6.07) is 0. The van der Waals surface area contributed by atoms with E-state index in [-0.39, 0.29) is 0 Å². The van der Waals surface area contributed by atoms with Gasteiger partial charge in [-0.2, -0.15) is 0 Å². The lowest BCUT2D eigenvalue weighted by atomic mass is 10.1. The molecule has 0 aromatic rings. The van der Waals surface area contributed by atoms with Crippen LogP contribution in [0.15, 0.2) is 0 Å². The minimum Gasteiger partial charge on any atom is -0.269 e. The Morgan fingerprint density at radius 1 is 0.750 bits per heavy atom. The van der Waals surface area contributed by atoms with Gasteiger partial charge in [-0.25, -0.2) is 4.89 Å². The lowest BCUT2D eigenvalue weighted by molar-refractivity contribution is -0.467. The zero-order valence-corrected chi connectivity index (χ0v) is 13.0. The van der Waals surface area contributed by atoms with Crippen LogP contribution in [0.25, 0.3) is 0 Å². The Bertz CT molecular complexity index is 109. The van der Waals surface area contributed by atoms with E-state index >= 15 is 0 Å². The van der Waals surface area contributed by atoms with Crippen LogP contribution in [0.3, 0.4) is 0 Å². The molecule has 98 valence electrons. The van der Waals surface area contributed by atoms with E-state index in [1.807, 2.05) is 0 Å². The second-order valence-corrected chi connectivity index (χ2v) is 4.57. The van der Waals surface area contributed by atoms with Crippen LogP contribution in [-0.2, 0) is 14.5 Å². The highest BCUT2D eigenvalue weighted by atomic mass is 28.2. The maximum absolute atomic E-state index is 4.77. The third-order valence-electron chi connectivity index (χ3n) is 2.70. The third kappa shape index (κ3) is 14.1. The second-order valence-electron chi connectivity index (χ2n) is 4.24.